The van der Waals surface area contributed by atoms with Crippen molar-refractivity contribution >= 4 is 11.8 Å². The third-order valence-electron chi connectivity index (χ3n) is 2.30. The van der Waals surface area contributed by atoms with Gasteiger partial charge in [-0.1, -0.05) is 0 Å². The summed E-state index contributed by atoms with van der Waals surface area (Å²) in [5.41, 5.74) is 0. The highest BCUT2D eigenvalue weighted by Gasteiger charge is 2.15. The van der Waals surface area contributed by atoms with Crippen molar-refractivity contribution in [2.24, 2.45) is 0 Å². The molecule has 0 N–H and O–H groups in total. The molecule has 3 nitrogen and oxygen atoms in total. The molecule has 0 aliphatic heterocycles. The molecular formula is C11H25NO2S. The summed E-state index contributed by atoms with van der Waals surface area (Å²) < 4.78 is 11.0. The van der Waals surface area contributed by atoms with Gasteiger partial charge in [-0.15, -0.1) is 0 Å². The highest BCUT2D eigenvalue weighted by atomic mass is 32.2. The lowest BCUT2D eigenvalue weighted by Gasteiger charge is -2.28. The van der Waals surface area contributed by atoms with Gasteiger partial charge in [0, 0.05) is 31.6 Å². The van der Waals surface area contributed by atoms with Crippen LogP contribution >= 0.6 is 11.8 Å². The summed E-state index contributed by atoms with van der Waals surface area (Å²) in [5.74, 6) is 1.14. The maximum absolute atomic E-state index is 5.51. The van der Waals surface area contributed by atoms with Gasteiger partial charge in [0.2, 0.25) is 0 Å². The Hall–Kier alpha value is 0.230. The summed E-state index contributed by atoms with van der Waals surface area (Å²) in [6.07, 6.45) is 2.04. The van der Waals surface area contributed by atoms with Crippen LogP contribution in [0.5, 0.6) is 0 Å². The average molecular weight is 235 g/mol. The Balaban J connectivity index is 3.91. The Morgan fingerprint density at radius 1 is 1.20 bits per heavy atom. The van der Waals surface area contributed by atoms with Crippen molar-refractivity contribution in [2.75, 3.05) is 38.8 Å². The number of hydrogen-bond donors (Lipinski definition) is 0. The van der Waals surface area contributed by atoms with Crippen LogP contribution in [0.1, 0.15) is 20.8 Å². The molecular weight excluding hydrogens is 210 g/mol. The molecule has 0 aliphatic rings. The van der Waals surface area contributed by atoms with Crippen LogP contribution in [-0.4, -0.2) is 56.0 Å². The van der Waals surface area contributed by atoms with Gasteiger partial charge < -0.3 is 9.47 Å². The van der Waals surface area contributed by atoms with E-state index in [-0.39, 0.29) is 6.29 Å². The average Bonchev–Trinajstić information content (AvgIpc) is 2.18. The molecule has 1 unspecified atom stereocenters. The van der Waals surface area contributed by atoms with Gasteiger partial charge in [-0.25, -0.2) is 0 Å². The van der Waals surface area contributed by atoms with E-state index in [1.165, 1.54) is 0 Å². The second-order valence-corrected chi connectivity index (χ2v) is 4.49. The molecule has 92 valence electrons. The third kappa shape index (κ3) is 7.17. The number of rotatable bonds is 9. The smallest absolute Gasteiger partial charge is 0.170 e. The van der Waals surface area contributed by atoms with Crippen molar-refractivity contribution in [3.63, 3.8) is 0 Å². The molecule has 4 heteroatoms. The minimum Gasteiger partial charge on any atom is -0.352 e. The van der Waals surface area contributed by atoms with Gasteiger partial charge >= 0.3 is 0 Å². The van der Waals surface area contributed by atoms with Gasteiger partial charge in [-0.2, -0.15) is 11.8 Å². The molecule has 0 amide bonds. The second kappa shape index (κ2) is 9.46. The van der Waals surface area contributed by atoms with Crippen molar-refractivity contribution in [3.05, 3.63) is 0 Å². The van der Waals surface area contributed by atoms with Gasteiger partial charge in [0.1, 0.15) is 0 Å². The van der Waals surface area contributed by atoms with Crippen molar-refractivity contribution in [3.8, 4) is 0 Å². The highest BCUT2D eigenvalue weighted by Crippen LogP contribution is 2.06. The molecule has 0 radical (unpaired) electrons. The maximum atomic E-state index is 5.51. The number of ether oxygens (including phenoxy) is 2. The van der Waals surface area contributed by atoms with Gasteiger partial charge in [-0.3, -0.25) is 4.90 Å². The molecule has 0 saturated heterocycles. The van der Waals surface area contributed by atoms with Gasteiger partial charge in [0.15, 0.2) is 6.29 Å². The van der Waals surface area contributed by atoms with Crippen molar-refractivity contribution in [1.29, 1.82) is 0 Å². The summed E-state index contributed by atoms with van der Waals surface area (Å²) in [4.78, 5) is 2.28. The fraction of sp³-hybridized carbons (Fsp3) is 1.00. The predicted octanol–water partition coefficient (Wildman–Crippen LogP) is 2.07. The van der Waals surface area contributed by atoms with Crippen LogP contribution in [-0.2, 0) is 9.47 Å². The monoisotopic (exact) mass is 235 g/mol. The van der Waals surface area contributed by atoms with Gasteiger partial charge in [0.25, 0.3) is 0 Å². The zero-order valence-electron chi connectivity index (χ0n) is 10.7. The number of hydrogen-bond acceptors (Lipinski definition) is 4. The molecule has 0 aromatic rings. The first kappa shape index (κ1) is 15.2. The van der Waals surface area contributed by atoms with Gasteiger partial charge in [0.05, 0.1) is 0 Å². The molecule has 0 rings (SSSR count). The summed E-state index contributed by atoms with van der Waals surface area (Å²) >= 11 is 1.87. The van der Waals surface area contributed by atoms with Crippen LogP contribution in [0, 0.1) is 0 Å². The molecule has 0 saturated carbocycles. The quantitative estimate of drug-likeness (QED) is 0.570. The molecule has 0 fully saturated rings. The predicted molar refractivity (Wildman–Crippen MR) is 67.5 cm³/mol. The van der Waals surface area contributed by atoms with Crippen LogP contribution < -0.4 is 0 Å². The minimum absolute atomic E-state index is 0.0886. The summed E-state index contributed by atoms with van der Waals surface area (Å²) in [6, 6.07) is 0.559. The van der Waals surface area contributed by atoms with Crippen LogP contribution in [0.4, 0.5) is 0 Å². The standard InChI is InChI=1S/C11H25NO2S/c1-6-13-11(14-7-2)8-12(4)10(3)9-15-5/h10-11H,6-9H2,1-5H3. The zero-order valence-corrected chi connectivity index (χ0v) is 11.5. The lowest BCUT2D eigenvalue weighted by Crippen LogP contribution is -2.39. The van der Waals surface area contributed by atoms with Crippen molar-refractivity contribution in [1.82, 2.24) is 4.90 Å². The first-order valence-electron chi connectivity index (χ1n) is 5.58. The molecule has 15 heavy (non-hydrogen) atoms. The molecule has 0 spiro atoms. The minimum atomic E-state index is -0.0886. The molecule has 0 bridgehead atoms. The Bertz CT molecular complexity index is 141. The van der Waals surface area contributed by atoms with Crippen molar-refractivity contribution < 1.29 is 9.47 Å². The van der Waals surface area contributed by atoms with Crippen LogP contribution in [0.15, 0.2) is 0 Å². The fourth-order valence-corrected chi connectivity index (χ4v) is 2.05. The third-order valence-corrected chi connectivity index (χ3v) is 3.12. The Kier molecular flexibility index (Phi) is 9.60. The van der Waals surface area contributed by atoms with E-state index in [4.69, 9.17) is 9.47 Å². The van der Waals surface area contributed by atoms with Gasteiger partial charge in [-0.05, 0) is 34.1 Å². The zero-order chi connectivity index (χ0) is 11.7. The van der Waals surface area contributed by atoms with E-state index in [1.807, 2.05) is 25.6 Å². The van der Waals surface area contributed by atoms with E-state index in [0.717, 1.165) is 12.3 Å². The van der Waals surface area contributed by atoms with Crippen LogP contribution in [0.25, 0.3) is 0 Å². The first-order chi connectivity index (χ1) is 7.15. The topological polar surface area (TPSA) is 21.7 Å². The summed E-state index contributed by atoms with van der Waals surface area (Å²) in [6.45, 7) is 8.47. The lowest BCUT2D eigenvalue weighted by atomic mass is 10.3. The second-order valence-electron chi connectivity index (χ2n) is 3.58. The van der Waals surface area contributed by atoms with Crippen LogP contribution in [0.2, 0.25) is 0 Å². The first-order valence-corrected chi connectivity index (χ1v) is 6.97. The molecule has 1 atom stereocenters. The van der Waals surface area contributed by atoms with Crippen LogP contribution in [0.3, 0.4) is 0 Å². The van der Waals surface area contributed by atoms with E-state index < -0.39 is 0 Å². The molecule has 0 aromatic carbocycles. The Morgan fingerprint density at radius 3 is 2.13 bits per heavy atom. The Labute approximate surface area is 98.5 Å². The van der Waals surface area contributed by atoms with E-state index in [1.54, 1.807) is 0 Å². The number of thioether (sulfide) groups is 1. The Morgan fingerprint density at radius 2 is 1.73 bits per heavy atom. The van der Waals surface area contributed by atoms with E-state index >= 15 is 0 Å². The van der Waals surface area contributed by atoms with E-state index in [9.17, 15) is 0 Å². The lowest BCUT2D eigenvalue weighted by molar-refractivity contribution is -0.147. The fourth-order valence-electron chi connectivity index (χ4n) is 1.31. The largest absolute Gasteiger partial charge is 0.352 e. The van der Waals surface area contributed by atoms with Crippen molar-refractivity contribution in [2.45, 2.75) is 33.1 Å². The number of nitrogens with zero attached hydrogens (tertiary/aromatic N) is 1. The summed E-state index contributed by atoms with van der Waals surface area (Å²) in [5, 5.41) is 0. The van der Waals surface area contributed by atoms with E-state index in [2.05, 4.69) is 25.1 Å². The van der Waals surface area contributed by atoms with E-state index in [0.29, 0.717) is 19.3 Å². The molecule has 0 heterocycles. The SMILES string of the molecule is CCOC(CN(C)C(C)CSC)OCC. The molecule has 0 aromatic heterocycles. The number of likely N-dealkylation sites (N-methyl/N-ethyl adjacent to an activating group) is 1. The highest BCUT2D eigenvalue weighted by molar-refractivity contribution is 7.98. The molecule has 0 aliphatic carbocycles. The normalized spacial score (nSPS) is 13.8. The maximum Gasteiger partial charge on any atom is 0.170 e. The summed E-state index contributed by atoms with van der Waals surface area (Å²) in [7, 11) is 2.12.